The van der Waals surface area contributed by atoms with Gasteiger partial charge in [-0.15, -0.1) is 0 Å². The maximum absolute atomic E-state index is 13.0. The summed E-state index contributed by atoms with van der Waals surface area (Å²) in [4.78, 5) is 41.1. The molecule has 6 nitrogen and oxygen atoms in total. The SMILES string of the molecule is Cc1cccc(N2C(=O)[C@H](CC(=O)Nc3ccc(Cl)cc3)N(C(C)C)C2=O)c1. The second-order valence-corrected chi connectivity index (χ2v) is 7.51. The molecule has 1 aliphatic heterocycles. The maximum Gasteiger partial charge on any atom is 0.332 e. The van der Waals surface area contributed by atoms with Gasteiger partial charge in [-0.1, -0.05) is 23.7 Å². The molecule has 0 spiro atoms. The van der Waals surface area contributed by atoms with Crippen LogP contribution >= 0.6 is 11.6 Å². The predicted molar refractivity (Wildman–Crippen MR) is 110 cm³/mol. The summed E-state index contributed by atoms with van der Waals surface area (Å²) >= 11 is 5.85. The van der Waals surface area contributed by atoms with Crippen molar-refractivity contribution in [1.82, 2.24) is 4.90 Å². The fourth-order valence-corrected chi connectivity index (χ4v) is 3.43. The van der Waals surface area contributed by atoms with Crippen LogP contribution in [0.1, 0.15) is 25.8 Å². The van der Waals surface area contributed by atoms with E-state index in [0.717, 1.165) is 10.5 Å². The van der Waals surface area contributed by atoms with Gasteiger partial charge in [-0.05, 0) is 62.7 Å². The Morgan fingerprint density at radius 2 is 1.82 bits per heavy atom. The monoisotopic (exact) mass is 399 g/mol. The van der Waals surface area contributed by atoms with Crippen LogP contribution in [0.15, 0.2) is 48.5 Å². The van der Waals surface area contributed by atoms with Gasteiger partial charge in [-0.25, -0.2) is 9.69 Å². The van der Waals surface area contributed by atoms with Gasteiger partial charge in [0.15, 0.2) is 0 Å². The number of nitrogens with zero attached hydrogens (tertiary/aromatic N) is 2. The average molecular weight is 400 g/mol. The zero-order valence-corrected chi connectivity index (χ0v) is 16.7. The highest BCUT2D eigenvalue weighted by molar-refractivity contribution is 6.30. The molecule has 146 valence electrons. The van der Waals surface area contributed by atoms with Crippen molar-refractivity contribution in [1.29, 1.82) is 0 Å². The first-order chi connectivity index (χ1) is 13.3. The number of imide groups is 1. The van der Waals surface area contributed by atoms with Crippen LogP contribution in [0, 0.1) is 6.92 Å². The van der Waals surface area contributed by atoms with Crippen LogP contribution in [0.5, 0.6) is 0 Å². The minimum absolute atomic E-state index is 0.117. The molecule has 2 aromatic carbocycles. The average Bonchev–Trinajstić information content (AvgIpc) is 2.87. The van der Waals surface area contributed by atoms with Crippen molar-refractivity contribution in [2.45, 2.75) is 39.3 Å². The van der Waals surface area contributed by atoms with Crippen molar-refractivity contribution < 1.29 is 14.4 Å². The summed E-state index contributed by atoms with van der Waals surface area (Å²) in [5, 5.41) is 3.31. The molecule has 7 heteroatoms. The van der Waals surface area contributed by atoms with Gasteiger partial charge < -0.3 is 10.2 Å². The Bertz CT molecular complexity index is 911. The largest absolute Gasteiger partial charge is 0.332 e. The number of nitrogens with one attached hydrogen (secondary N) is 1. The van der Waals surface area contributed by atoms with Gasteiger partial charge in [0, 0.05) is 16.8 Å². The Morgan fingerprint density at radius 3 is 2.43 bits per heavy atom. The number of anilines is 2. The molecule has 4 amide bonds. The number of benzene rings is 2. The zero-order chi connectivity index (χ0) is 20.4. The van der Waals surface area contributed by atoms with E-state index in [4.69, 9.17) is 11.6 Å². The Labute approximate surface area is 169 Å². The summed E-state index contributed by atoms with van der Waals surface area (Å²) in [7, 11) is 0. The molecule has 3 rings (SSSR count). The lowest BCUT2D eigenvalue weighted by atomic mass is 10.1. The second-order valence-electron chi connectivity index (χ2n) is 7.07. The number of urea groups is 1. The van der Waals surface area contributed by atoms with Crippen molar-refractivity contribution in [2.24, 2.45) is 0 Å². The second kappa shape index (κ2) is 8.02. The number of hydrogen-bond donors (Lipinski definition) is 1. The fourth-order valence-electron chi connectivity index (χ4n) is 3.30. The third-order valence-electron chi connectivity index (χ3n) is 4.58. The Hall–Kier alpha value is -2.86. The van der Waals surface area contributed by atoms with E-state index < -0.39 is 18.0 Å². The molecule has 1 N–H and O–H groups in total. The Kier molecular flexibility index (Phi) is 5.70. The number of carbonyl (C=O) groups excluding carboxylic acids is 3. The van der Waals surface area contributed by atoms with Crippen molar-refractivity contribution >= 4 is 40.8 Å². The smallest absolute Gasteiger partial charge is 0.326 e. The number of aryl methyl sites for hydroxylation is 1. The summed E-state index contributed by atoms with van der Waals surface area (Å²) in [6, 6.07) is 12.4. The van der Waals surface area contributed by atoms with E-state index >= 15 is 0 Å². The lowest BCUT2D eigenvalue weighted by Crippen LogP contribution is -2.42. The summed E-state index contributed by atoms with van der Waals surface area (Å²) < 4.78 is 0. The number of amides is 4. The molecular weight excluding hydrogens is 378 g/mol. The van der Waals surface area contributed by atoms with Crippen LogP contribution in [0.3, 0.4) is 0 Å². The third-order valence-corrected chi connectivity index (χ3v) is 4.83. The molecule has 28 heavy (non-hydrogen) atoms. The van der Waals surface area contributed by atoms with Crippen LogP contribution in [0.25, 0.3) is 0 Å². The van der Waals surface area contributed by atoms with Crippen molar-refractivity contribution in [3.05, 3.63) is 59.1 Å². The highest BCUT2D eigenvalue weighted by Crippen LogP contribution is 2.29. The third kappa shape index (κ3) is 4.02. The van der Waals surface area contributed by atoms with Gasteiger partial charge in [-0.2, -0.15) is 0 Å². The molecule has 0 unspecified atom stereocenters. The van der Waals surface area contributed by atoms with E-state index in [-0.39, 0.29) is 18.4 Å². The molecule has 1 fully saturated rings. The molecule has 2 aromatic rings. The molecule has 1 atom stereocenters. The minimum atomic E-state index is -0.847. The molecular formula is C21H22ClN3O3. The molecule has 1 saturated heterocycles. The molecule has 0 saturated carbocycles. The number of halogens is 1. The number of carbonyl (C=O) groups is 3. The van der Waals surface area contributed by atoms with Crippen LogP contribution in [0.2, 0.25) is 5.02 Å². The van der Waals surface area contributed by atoms with Gasteiger partial charge in [0.2, 0.25) is 5.91 Å². The first-order valence-corrected chi connectivity index (χ1v) is 9.44. The van der Waals surface area contributed by atoms with Crippen LogP contribution in [-0.4, -0.2) is 34.8 Å². The summed E-state index contributed by atoms with van der Waals surface area (Å²) in [6.07, 6.45) is -0.117. The molecule has 1 heterocycles. The molecule has 0 aliphatic carbocycles. The highest BCUT2D eigenvalue weighted by Gasteiger charge is 2.47. The first-order valence-electron chi connectivity index (χ1n) is 9.06. The van der Waals surface area contributed by atoms with Crippen LogP contribution in [0.4, 0.5) is 16.2 Å². The molecule has 1 aliphatic rings. The van der Waals surface area contributed by atoms with E-state index in [1.165, 1.54) is 4.90 Å². The fraction of sp³-hybridized carbons (Fsp3) is 0.286. The van der Waals surface area contributed by atoms with Gasteiger partial charge in [-0.3, -0.25) is 9.59 Å². The van der Waals surface area contributed by atoms with Gasteiger partial charge in [0.1, 0.15) is 6.04 Å². The van der Waals surface area contributed by atoms with E-state index in [0.29, 0.717) is 16.4 Å². The van der Waals surface area contributed by atoms with Crippen LogP contribution in [-0.2, 0) is 9.59 Å². The van der Waals surface area contributed by atoms with Crippen molar-refractivity contribution in [3.8, 4) is 0 Å². The number of hydrogen-bond acceptors (Lipinski definition) is 3. The Morgan fingerprint density at radius 1 is 1.14 bits per heavy atom. The van der Waals surface area contributed by atoms with Crippen molar-refractivity contribution in [3.63, 3.8) is 0 Å². The van der Waals surface area contributed by atoms with E-state index in [1.54, 1.807) is 42.5 Å². The van der Waals surface area contributed by atoms with E-state index in [2.05, 4.69) is 5.32 Å². The minimum Gasteiger partial charge on any atom is -0.326 e. The molecule has 0 aromatic heterocycles. The van der Waals surface area contributed by atoms with E-state index in [9.17, 15) is 14.4 Å². The van der Waals surface area contributed by atoms with Gasteiger partial charge in [0.05, 0.1) is 12.1 Å². The quantitative estimate of drug-likeness (QED) is 0.765. The lowest BCUT2D eigenvalue weighted by Gasteiger charge is -2.25. The highest BCUT2D eigenvalue weighted by atomic mass is 35.5. The Balaban J connectivity index is 1.82. The van der Waals surface area contributed by atoms with Gasteiger partial charge in [0.25, 0.3) is 5.91 Å². The molecule has 0 radical (unpaired) electrons. The van der Waals surface area contributed by atoms with E-state index in [1.807, 2.05) is 26.8 Å². The summed E-state index contributed by atoms with van der Waals surface area (Å²) in [6.45, 7) is 5.55. The van der Waals surface area contributed by atoms with Crippen LogP contribution < -0.4 is 10.2 Å². The lowest BCUT2D eigenvalue weighted by molar-refractivity contribution is -0.124. The zero-order valence-electron chi connectivity index (χ0n) is 16.0. The number of rotatable bonds is 5. The molecule has 0 bridgehead atoms. The predicted octanol–water partition coefficient (Wildman–Crippen LogP) is 4.22. The summed E-state index contributed by atoms with van der Waals surface area (Å²) in [5.41, 5.74) is 2.04. The normalized spacial score (nSPS) is 16.8. The standard InChI is InChI=1S/C21H22ClN3O3/c1-13(2)24-18(12-19(26)23-16-9-7-15(22)8-10-16)20(27)25(21(24)28)17-6-4-5-14(3)11-17/h4-11,13,18H,12H2,1-3H3,(H,23,26)/t18-/m0/s1. The summed E-state index contributed by atoms with van der Waals surface area (Å²) in [5.74, 6) is -0.735. The maximum atomic E-state index is 13.0. The van der Waals surface area contributed by atoms with Gasteiger partial charge >= 0.3 is 6.03 Å². The first kappa shape index (κ1) is 19.9. The topological polar surface area (TPSA) is 69.7 Å². The van der Waals surface area contributed by atoms with Crippen molar-refractivity contribution in [2.75, 3.05) is 10.2 Å².